The van der Waals surface area contributed by atoms with Crippen LogP contribution in [0, 0.1) is 0 Å². The highest BCUT2D eigenvalue weighted by molar-refractivity contribution is 7.74. The molecule has 1 aromatic heterocycles. The normalized spacial score (nSPS) is 11.1. The minimum absolute atomic E-state index is 0.00772. The van der Waals surface area contributed by atoms with E-state index in [9.17, 15) is 18.0 Å². The highest BCUT2D eigenvalue weighted by Gasteiger charge is 2.22. The fraction of sp³-hybridized carbons (Fsp3) is 0.241. The lowest BCUT2D eigenvalue weighted by atomic mass is 10.2. The summed E-state index contributed by atoms with van der Waals surface area (Å²) in [7, 11) is -0.254. The lowest BCUT2D eigenvalue weighted by Crippen LogP contribution is -2.37. The van der Waals surface area contributed by atoms with Gasteiger partial charge >= 0.3 is 6.09 Å². The molecule has 43 heavy (non-hydrogen) atoms. The molecule has 13 nitrogen and oxygen atoms in total. The molecule has 226 valence electrons. The summed E-state index contributed by atoms with van der Waals surface area (Å²) < 4.78 is 42.3. The fourth-order valence-electron chi connectivity index (χ4n) is 3.92. The zero-order valence-corrected chi connectivity index (χ0v) is 25.1. The Kier molecular flexibility index (Phi) is 9.50. The van der Waals surface area contributed by atoms with Gasteiger partial charge in [-0.2, -0.15) is 0 Å². The molecule has 4 rings (SSSR count). The molecule has 0 saturated heterocycles. The van der Waals surface area contributed by atoms with Gasteiger partial charge in [-0.05, 0) is 51.1 Å². The van der Waals surface area contributed by atoms with E-state index in [0.717, 1.165) is 4.31 Å². The number of carbonyl (C=O) groups is 2. The number of fused-ring (bicyclic) bond motifs is 1. The third-order valence-electron chi connectivity index (χ3n) is 5.70. The Balaban J connectivity index is 1.68. The Labute approximate surface area is 250 Å². The van der Waals surface area contributed by atoms with Gasteiger partial charge in [-0.1, -0.05) is 18.2 Å². The summed E-state index contributed by atoms with van der Waals surface area (Å²) in [6.07, 6.45) is -0.741. The molecule has 1 heterocycles. The molecule has 0 bridgehead atoms. The Bertz CT molecular complexity index is 1690. The average Bonchev–Trinajstić information content (AvgIpc) is 2.95. The molecular formula is C29H32N6O7S. The van der Waals surface area contributed by atoms with Crippen LogP contribution in [0.25, 0.3) is 11.0 Å². The van der Waals surface area contributed by atoms with Crippen molar-refractivity contribution < 1.29 is 32.2 Å². The molecule has 3 aromatic carbocycles. The first-order valence-corrected chi connectivity index (χ1v) is 14.2. The van der Waals surface area contributed by atoms with Crippen molar-refractivity contribution in [1.29, 1.82) is 0 Å². The van der Waals surface area contributed by atoms with Gasteiger partial charge in [-0.25, -0.2) is 27.5 Å². The molecule has 0 radical (unpaired) electrons. The highest BCUT2D eigenvalue weighted by Crippen LogP contribution is 2.35. The predicted octanol–water partition coefficient (Wildman–Crippen LogP) is 4.52. The molecule has 14 heteroatoms. The first-order valence-electron chi connectivity index (χ1n) is 13.0. The van der Waals surface area contributed by atoms with Crippen LogP contribution in [0.5, 0.6) is 11.5 Å². The van der Waals surface area contributed by atoms with Gasteiger partial charge in [-0.15, -0.1) is 0 Å². The van der Waals surface area contributed by atoms with Crippen LogP contribution in [0.3, 0.4) is 0 Å². The van der Waals surface area contributed by atoms with Crippen LogP contribution >= 0.6 is 0 Å². The van der Waals surface area contributed by atoms with Crippen LogP contribution < -0.4 is 29.7 Å². The van der Waals surface area contributed by atoms with Crippen molar-refractivity contribution in [1.82, 2.24) is 15.3 Å². The molecule has 0 aliphatic rings. The molecular weight excluding hydrogens is 576 g/mol. The van der Waals surface area contributed by atoms with Gasteiger partial charge in [0, 0.05) is 29.6 Å². The molecule has 0 aliphatic heterocycles. The van der Waals surface area contributed by atoms with E-state index in [0.29, 0.717) is 28.2 Å². The summed E-state index contributed by atoms with van der Waals surface area (Å²) in [6, 6.07) is 18.3. The van der Waals surface area contributed by atoms with E-state index in [4.69, 9.17) is 14.2 Å². The number of hydrogen-bond acceptors (Lipinski definition) is 10. The number of anilines is 5. The topological polar surface area (TPSA) is 161 Å². The van der Waals surface area contributed by atoms with E-state index in [2.05, 4.69) is 25.9 Å². The van der Waals surface area contributed by atoms with Crippen molar-refractivity contribution in [3.8, 4) is 11.5 Å². The summed E-state index contributed by atoms with van der Waals surface area (Å²) in [5, 5.41) is 8.17. The van der Waals surface area contributed by atoms with Crippen LogP contribution in [0.15, 0.2) is 66.7 Å². The zero-order valence-electron chi connectivity index (χ0n) is 24.2. The summed E-state index contributed by atoms with van der Waals surface area (Å²) in [6.45, 7) is 4.77. The number of thiol groups is 1. The van der Waals surface area contributed by atoms with Crippen molar-refractivity contribution in [3.63, 3.8) is 0 Å². The first-order chi connectivity index (χ1) is 20.5. The van der Waals surface area contributed by atoms with Crippen molar-refractivity contribution in [3.05, 3.63) is 66.7 Å². The van der Waals surface area contributed by atoms with Gasteiger partial charge in [-0.3, -0.25) is 4.79 Å². The quantitative estimate of drug-likeness (QED) is 0.188. The van der Waals surface area contributed by atoms with E-state index < -0.39 is 28.5 Å². The summed E-state index contributed by atoms with van der Waals surface area (Å²) in [5.74, 6) is 0.610. The van der Waals surface area contributed by atoms with E-state index in [-0.39, 0.29) is 29.6 Å². The van der Waals surface area contributed by atoms with Gasteiger partial charge in [0.2, 0.25) is 16.8 Å². The van der Waals surface area contributed by atoms with Crippen molar-refractivity contribution in [2.24, 2.45) is 0 Å². The van der Waals surface area contributed by atoms with Crippen LogP contribution in [0.2, 0.25) is 0 Å². The highest BCUT2D eigenvalue weighted by atomic mass is 32.2. The second kappa shape index (κ2) is 13.2. The smallest absolute Gasteiger partial charge is 0.408 e. The van der Waals surface area contributed by atoms with Crippen molar-refractivity contribution in [2.75, 3.05) is 35.7 Å². The van der Waals surface area contributed by atoms with E-state index in [1.165, 1.54) is 20.3 Å². The molecule has 4 aromatic rings. The predicted molar refractivity (Wildman–Crippen MR) is 164 cm³/mol. The molecule has 0 unspecified atom stereocenters. The summed E-state index contributed by atoms with van der Waals surface area (Å²) in [4.78, 5) is 33.7. The number of para-hydroxylation sites is 2. The third kappa shape index (κ3) is 8.23. The number of hydrogen-bond donors (Lipinski definition) is 4. The Morgan fingerprint density at radius 1 is 0.860 bits per heavy atom. The van der Waals surface area contributed by atoms with E-state index >= 15 is 0 Å². The number of ether oxygens (including phenoxy) is 3. The van der Waals surface area contributed by atoms with Gasteiger partial charge < -0.3 is 30.2 Å². The fourth-order valence-corrected chi connectivity index (χ4v) is 4.53. The molecule has 0 aliphatic carbocycles. The Morgan fingerprint density at radius 3 is 2.12 bits per heavy atom. The largest absolute Gasteiger partial charge is 0.497 e. The minimum atomic E-state index is -3.29. The van der Waals surface area contributed by atoms with Gasteiger partial charge in [0.05, 0.1) is 30.9 Å². The summed E-state index contributed by atoms with van der Waals surface area (Å²) >= 11 is 0. The number of benzene rings is 3. The second-order valence-corrected chi connectivity index (χ2v) is 11.0. The molecule has 0 saturated carbocycles. The van der Waals surface area contributed by atoms with Crippen LogP contribution in [-0.2, 0) is 20.4 Å². The standard InChI is InChI=1S/C29H32N6O7S/c1-29(2,3)42-28(37)30-17-25(36)31-18-9-8-10-20(13-18)35(43(38)39)27-26(33-23-11-6-7-12-24(23)34-27)32-19-14-21(40-4)16-22(15-19)41-5/h6-16,43H,17H2,1-5H3,(H,30,37)(H,31,36)(H,32,33). The Morgan fingerprint density at radius 2 is 1.51 bits per heavy atom. The SMILES string of the molecule is COc1cc(Nc2nc3ccccc3nc2N(c2cccc(NC(=O)CNC(=O)OC(C)(C)C)c2)[SH](=O)=O)cc(OC)c1. The number of rotatable bonds is 10. The lowest BCUT2D eigenvalue weighted by molar-refractivity contribution is -0.115. The van der Waals surface area contributed by atoms with Gasteiger partial charge in [0.15, 0.2) is 11.6 Å². The molecule has 2 amide bonds. The van der Waals surface area contributed by atoms with Crippen LogP contribution in [-0.4, -0.2) is 56.8 Å². The monoisotopic (exact) mass is 608 g/mol. The van der Waals surface area contributed by atoms with Crippen molar-refractivity contribution in [2.45, 2.75) is 26.4 Å². The number of amides is 2. The number of alkyl carbamates (subject to hydrolysis) is 1. The molecule has 0 atom stereocenters. The maximum absolute atomic E-state index is 12.7. The zero-order chi connectivity index (χ0) is 31.1. The first kappa shape index (κ1) is 30.8. The molecule has 3 N–H and O–H groups in total. The summed E-state index contributed by atoms with van der Waals surface area (Å²) in [5.41, 5.74) is 1.27. The second-order valence-electron chi connectivity index (χ2n) is 10.1. The maximum Gasteiger partial charge on any atom is 0.408 e. The van der Waals surface area contributed by atoms with Crippen LogP contribution in [0.1, 0.15) is 20.8 Å². The van der Waals surface area contributed by atoms with Gasteiger partial charge in [0.1, 0.15) is 23.6 Å². The van der Waals surface area contributed by atoms with E-state index in [1.807, 2.05) is 0 Å². The van der Waals surface area contributed by atoms with Crippen LogP contribution in [0.4, 0.5) is 33.5 Å². The number of aromatic nitrogens is 2. The third-order valence-corrected chi connectivity index (χ3v) is 6.44. The van der Waals surface area contributed by atoms with Crippen molar-refractivity contribution >= 4 is 62.6 Å². The average molecular weight is 609 g/mol. The molecule has 0 spiro atoms. The Hall–Kier alpha value is -5.11. The number of nitrogens with zero attached hydrogens (tertiary/aromatic N) is 3. The molecule has 0 fully saturated rings. The maximum atomic E-state index is 12.7. The number of carbonyl (C=O) groups excluding carboxylic acids is 2. The number of methoxy groups -OCH3 is 2. The lowest BCUT2D eigenvalue weighted by Gasteiger charge is -2.21. The van der Waals surface area contributed by atoms with E-state index in [1.54, 1.807) is 81.4 Å². The van der Waals surface area contributed by atoms with Gasteiger partial charge in [0.25, 0.3) is 0 Å². The minimum Gasteiger partial charge on any atom is -0.497 e. The number of nitrogens with one attached hydrogen (secondary N) is 3.